The van der Waals surface area contributed by atoms with E-state index in [1.807, 2.05) is 79.7 Å². The molecule has 0 atom stereocenters. The third-order valence-electron chi connectivity index (χ3n) is 3.78. The molecule has 0 saturated carbocycles. The third-order valence-corrected chi connectivity index (χ3v) is 5.37. The lowest BCUT2D eigenvalue weighted by Gasteiger charge is -2.22. The van der Waals surface area contributed by atoms with E-state index in [4.69, 9.17) is 0 Å². The summed E-state index contributed by atoms with van der Waals surface area (Å²) in [6, 6.07) is 22.1. The van der Waals surface area contributed by atoms with Crippen molar-refractivity contribution in [2.75, 3.05) is 4.90 Å². The highest BCUT2D eigenvalue weighted by atomic mass is 79.9. The van der Waals surface area contributed by atoms with Crippen LogP contribution in [0.4, 0.5) is 5.69 Å². The summed E-state index contributed by atoms with van der Waals surface area (Å²) < 4.78 is 1.05. The predicted octanol–water partition coefficient (Wildman–Crippen LogP) is 6.07. The van der Waals surface area contributed by atoms with E-state index in [9.17, 15) is 4.79 Å². The summed E-state index contributed by atoms with van der Waals surface area (Å²) in [5.74, 6) is -0.0303. The minimum absolute atomic E-state index is 0.0303. The van der Waals surface area contributed by atoms with Crippen molar-refractivity contribution in [1.29, 1.82) is 0 Å². The Hall–Kier alpha value is -2.17. The van der Waals surface area contributed by atoms with E-state index in [1.165, 1.54) is 5.56 Å². The number of aryl methyl sites for hydroxylation is 1. The normalized spacial score (nSPS) is 11.0. The van der Waals surface area contributed by atoms with Gasteiger partial charge in [0.25, 0.3) is 5.91 Å². The summed E-state index contributed by atoms with van der Waals surface area (Å²) in [7, 11) is 0. The van der Waals surface area contributed by atoms with E-state index in [1.54, 1.807) is 22.3 Å². The van der Waals surface area contributed by atoms with Crippen LogP contribution < -0.4 is 4.90 Å². The van der Waals surface area contributed by atoms with E-state index in [0.29, 0.717) is 6.54 Å². The molecule has 1 amide bonds. The SMILES string of the molecule is Cc1ccc(N(Cc2ccccc2)C(=O)C=Cc2ccc(Br)s2)cc1. The first-order chi connectivity index (χ1) is 12.1. The molecule has 0 radical (unpaired) electrons. The van der Waals surface area contributed by atoms with Gasteiger partial charge >= 0.3 is 0 Å². The molecule has 3 aromatic rings. The number of carbonyl (C=O) groups is 1. The van der Waals surface area contributed by atoms with Gasteiger partial charge in [-0.15, -0.1) is 11.3 Å². The Kier molecular flexibility index (Phi) is 5.84. The first-order valence-corrected chi connectivity index (χ1v) is 9.58. The van der Waals surface area contributed by atoms with Crippen molar-refractivity contribution in [2.24, 2.45) is 0 Å². The van der Waals surface area contributed by atoms with Crippen molar-refractivity contribution >= 4 is 44.9 Å². The van der Waals surface area contributed by atoms with Crippen LogP contribution in [0.3, 0.4) is 0 Å². The van der Waals surface area contributed by atoms with E-state index in [0.717, 1.165) is 19.9 Å². The van der Waals surface area contributed by atoms with Crippen molar-refractivity contribution < 1.29 is 4.79 Å². The van der Waals surface area contributed by atoms with Crippen molar-refractivity contribution in [3.63, 3.8) is 0 Å². The summed E-state index contributed by atoms with van der Waals surface area (Å²) in [5.41, 5.74) is 3.18. The number of nitrogens with zero attached hydrogens (tertiary/aromatic N) is 1. The first kappa shape index (κ1) is 17.6. The standard InChI is InChI=1S/C21H18BrNOS/c1-16-7-9-18(10-8-16)23(15-17-5-3-2-4-6-17)21(24)14-12-19-11-13-20(22)25-19/h2-14H,15H2,1H3. The van der Waals surface area contributed by atoms with E-state index < -0.39 is 0 Å². The first-order valence-electron chi connectivity index (χ1n) is 7.97. The van der Waals surface area contributed by atoms with Gasteiger partial charge in [0.15, 0.2) is 0 Å². The van der Waals surface area contributed by atoms with Crippen molar-refractivity contribution in [3.8, 4) is 0 Å². The monoisotopic (exact) mass is 411 g/mol. The van der Waals surface area contributed by atoms with Gasteiger partial charge in [-0.3, -0.25) is 4.79 Å². The Morgan fingerprint density at radius 3 is 2.40 bits per heavy atom. The number of rotatable bonds is 5. The highest BCUT2D eigenvalue weighted by Crippen LogP contribution is 2.24. The molecule has 0 aliphatic carbocycles. The predicted molar refractivity (Wildman–Crippen MR) is 110 cm³/mol. The Morgan fingerprint density at radius 1 is 1.04 bits per heavy atom. The van der Waals surface area contributed by atoms with Gasteiger partial charge in [-0.25, -0.2) is 0 Å². The van der Waals surface area contributed by atoms with Crippen LogP contribution in [0.5, 0.6) is 0 Å². The number of hydrogen-bond acceptors (Lipinski definition) is 2. The summed E-state index contributed by atoms with van der Waals surface area (Å²) >= 11 is 5.05. The number of carbonyl (C=O) groups excluding carboxylic acids is 1. The van der Waals surface area contributed by atoms with E-state index in [2.05, 4.69) is 15.9 Å². The third kappa shape index (κ3) is 4.91. The van der Waals surface area contributed by atoms with Crippen LogP contribution in [-0.4, -0.2) is 5.91 Å². The molecule has 0 unspecified atom stereocenters. The molecule has 0 N–H and O–H groups in total. The van der Waals surface area contributed by atoms with E-state index in [-0.39, 0.29) is 5.91 Å². The summed E-state index contributed by atoms with van der Waals surface area (Å²) in [5, 5.41) is 0. The maximum absolute atomic E-state index is 12.8. The number of amides is 1. The van der Waals surface area contributed by atoms with Gasteiger partial charge in [0, 0.05) is 16.6 Å². The van der Waals surface area contributed by atoms with Crippen molar-refractivity contribution in [2.45, 2.75) is 13.5 Å². The lowest BCUT2D eigenvalue weighted by atomic mass is 10.1. The zero-order valence-electron chi connectivity index (χ0n) is 13.9. The fraction of sp³-hybridized carbons (Fsp3) is 0.0952. The minimum atomic E-state index is -0.0303. The van der Waals surface area contributed by atoms with Gasteiger partial charge in [0.1, 0.15) is 0 Å². The maximum atomic E-state index is 12.8. The Balaban J connectivity index is 1.85. The fourth-order valence-electron chi connectivity index (χ4n) is 2.45. The molecule has 4 heteroatoms. The highest BCUT2D eigenvalue weighted by molar-refractivity contribution is 9.11. The molecule has 2 nitrogen and oxygen atoms in total. The Labute approximate surface area is 160 Å². The highest BCUT2D eigenvalue weighted by Gasteiger charge is 2.14. The Bertz CT molecular complexity index is 868. The fourth-order valence-corrected chi connectivity index (χ4v) is 3.77. The summed E-state index contributed by atoms with van der Waals surface area (Å²) in [4.78, 5) is 15.7. The van der Waals surface area contributed by atoms with Crippen LogP contribution in [-0.2, 0) is 11.3 Å². The smallest absolute Gasteiger partial charge is 0.251 e. The van der Waals surface area contributed by atoms with Gasteiger partial charge in [0.2, 0.25) is 0 Å². The second-order valence-corrected chi connectivity index (χ2v) is 8.22. The summed E-state index contributed by atoms with van der Waals surface area (Å²) in [6.07, 6.45) is 3.50. The van der Waals surface area contributed by atoms with E-state index >= 15 is 0 Å². The molecule has 0 saturated heterocycles. The molecule has 0 fully saturated rings. The number of halogens is 1. The molecule has 0 aliphatic heterocycles. The van der Waals surface area contributed by atoms with Crippen LogP contribution in [0.25, 0.3) is 6.08 Å². The average Bonchev–Trinajstić information content (AvgIpc) is 3.05. The van der Waals surface area contributed by atoms with Gasteiger partial charge in [0.05, 0.1) is 10.3 Å². The molecular formula is C21H18BrNOS. The summed E-state index contributed by atoms with van der Waals surface area (Å²) in [6.45, 7) is 2.59. The molecule has 1 heterocycles. The van der Waals surface area contributed by atoms with Crippen LogP contribution in [0, 0.1) is 6.92 Å². The minimum Gasteiger partial charge on any atom is -0.304 e. The van der Waals surface area contributed by atoms with Gasteiger partial charge < -0.3 is 4.90 Å². The second-order valence-electron chi connectivity index (χ2n) is 5.72. The van der Waals surface area contributed by atoms with Crippen LogP contribution in [0.15, 0.2) is 76.6 Å². The molecule has 0 spiro atoms. The lowest BCUT2D eigenvalue weighted by Crippen LogP contribution is -2.28. The van der Waals surface area contributed by atoms with Gasteiger partial charge in [-0.05, 0) is 58.8 Å². The number of hydrogen-bond donors (Lipinski definition) is 0. The largest absolute Gasteiger partial charge is 0.304 e. The Morgan fingerprint density at radius 2 is 1.76 bits per heavy atom. The molecule has 0 aliphatic rings. The number of benzene rings is 2. The number of anilines is 1. The van der Waals surface area contributed by atoms with Crippen LogP contribution in [0.1, 0.15) is 16.0 Å². The average molecular weight is 412 g/mol. The van der Waals surface area contributed by atoms with Gasteiger partial charge in [-0.2, -0.15) is 0 Å². The number of thiophene rings is 1. The second kappa shape index (κ2) is 8.28. The zero-order chi connectivity index (χ0) is 17.6. The lowest BCUT2D eigenvalue weighted by molar-refractivity contribution is -0.114. The molecule has 0 bridgehead atoms. The van der Waals surface area contributed by atoms with Crippen LogP contribution in [0.2, 0.25) is 0 Å². The molecule has 25 heavy (non-hydrogen) atoms. The molecule has 126 valence electrons. The maximum Gasteiger partial charge on any atom is 0.251 e. The topological polar surface area (TPSA) is 20.3 Å². The van der Waals surface area contributed by atoms with Crippen molar-refractivity contribution in [1.82, 2.24) is 0 Å². The van der Waals surface area contributed by atoms with Crippen LogP contribution >= 0.6 is 27.3 Å². The van der Waals surface area contributed by atoms with Gasteiger partial charge in [-0.1, -0.05) is 48.0 Å². The zero-order valence-corrected chi connectivity index (χ0v) is 16.3. The van der Waals surface area contributed by atoms with Crippen molar-refractivity contribution in [3.05, 3.63) is 92.6 Å². The quantitative estimate of drug-likeness (QED) is 0.466. The molecule has 1 aromatic heterocycles. The molecule has 3 rings (SSSR count). The molecular weight excluding hydrogens is 394 g/mol. The molecule has 2 aromatic carbocycles.